The fourth-order valence-electron chi connectivity index (χ4n) is 5.98. The maximum Gasteiger partial charge on any atom is 0.309 e. The monoisotopic (exact) mass is 551 g/mol. The molecule has 8 heteroatoms. The summed E-state index contributed by atoms with van der Waals surface area (Å²) in [5.41, 5.74) is 0.106. The molecule has 2 heterocycles. The molecule has 1 aliphatic carbocycles. The van der Waals surface area contributed by atoms with Gasteiger partial charge in [0.05, 0.1) is 5.92 Å². The van der Waals surface area contributed by atoms with E-state index in [0.717, 1.165) is 31.4 Å². The van der Waals surface area contributed by atoms with E-state index in [1.807, 2.05) is 37.3 Å². The van der Waals surface area contributed by atoms with Gasteiger partial charge in [-0.1, -0.05) is 56.7 Å². The zero-order valence-corrected chi connectivity index (χ0v) is 23.6. The fourth-order valence-corrected chi connectivity index (χ4v) is 5.98. The van der Waals surface area contributed by atoms with Gasteiger partial charge < -0.3 is 18.9 Å². The van der Waals surface area contributed by atoms with Gasteiger partial charge >= 0.3 is 11.9 Å². The van der Waals surface area contributed by atoms with Crippen molar-refractivity contribution >= 4 is 17.7 Å². The van der Waals surface area contributed by atoms with E-state index in [9.17, 15) is 14.4 Å². The zero-order valence-electron chi connectivity index (χ0n) is 23.6. The molecule has 40 heavy (non-hydrogen) atoms. The first-order chi connectivity index (χ1) is 19.4. The second-order valence-electron chi connectivity index (χ2n) is 11.0. The smallest absolute Gasteiger partial charge is 0.309 e. The first-order valence-corrected chi connectivity index (χ1v) is 14.6. The van der Waals surface area contributed by atoms with Gasteiger partial charge in [-0.05, 0) is 62.3 Å². The molecule has 8 nitrogen and oxygen atoms in total. The lowest BCUT2D eigenvalue weighted by Gasteiger charge is -2.35. The van der Waals surface area contributed by atoms with Gasteiger partial charge in [0.25, 0.3) is 0 Å². The van der Waals surface area contributed by atoms with Crippen molar-refractivity contribution in [2.24, 2.45) is 17.8 Å². The highest BCUT2D eigenvalue weighted by Gasteiger charge is 2.36. The Balaban J connectivity index is 1.47. The molecule has 4 rings (SSSR count). The van der Waals surface area contributed by atoms with Gasteiger partial charge in [-0.3, -0.25) is 14.4 Å². The number of nitrogens with zero attached hydrogens (tertiary/aromatic N) is 1. The van der Waals surface area contributed by atoms with Crippen molar-refractivity contribution in [3.05, 3.63) is 54.4 Å². The van der Waals surface area contributed by atoms with Gasteiger partial charge in [0.1, 0.15) is 23.7 Å². The number of hydrogen-bond donors (Lipinski definition) is 0. The maximum atomic E-state index is 13.5. The van der Waals surface area contributed by atoms with E-state index in [-0.39, 0.29) is 48.4 Å². The molecule has 0 bridgehead atoms. The summed E-state index contributed by atoms with van der Waals surface area (Å²) in [6, 6.07) is 12.9. The SMILES string of the molecule is CC(=O)OCOc1cccnc1C(=O)C[C@H]1CCCC[C@H](CC2CCCC2)[C@@H](Oc2ccccc2)[C@H](C)OC1=O. The number of pyridine rings is 1. The van der Waals surface area contributed by atoms with Crippen molar-refractivity contribution in [1.82, 2.24) is 4.98 Å². The normalized spacial score (nSPS) is 24.1. The van der Waals surface area contributed by atoms with Crippen LogP contribution in [0, 0.1) is 17.8 Å². The molecule has 2 aliphatic rings. The largest absolute Gasteiger partial charge is 0.486 e. The molecule has 0 spiro atoms. The van der Waals surface area contributed by atoms with Crippen molar-refractivity contribution in [1.29, 1.82) is 0 Å². The van der Waals surface area contributed by atoms with Gasteiger partial charge in [-0.15, -0.1) is 0 Å². The summed E-state index contributed by atoms with van der Waals surface area (Å²) in [4.78, 5) is 42.0. The van der Waals surface area contributed by atoms with Crippen LogP contribution in [0.5, 0.6) is 11.5 Å². The summed E-state index contributed by atoms with van der Waals surface area (Å²) in [7, 11) is 0. The Morgan fingerprint density at radius 1 is 0.975 bits per heavy atom. The Hall–Kier alpha value is -3.42. The van der Waals surface area contributed by atoms with Crippen LogP contribution in [-0.2, 0) is 19.1 Å². The van der Waals surface area contributed by atoms with Crippen LogP contribution in [0.1, 0.15) is 88.5 Å². The molecule has 0 radical (unpaired) electrons. The lowest BCUT2D eigenvalue weighted by molar-refractivity contribution is -0.160. The molecule has 0 amide bonds. The van der Waals surface area contributed by atoms with E-state index in [1.54, 1.807) is 12.1 Å². The maximum absolute atomic E-state index is 13.5. The molecule has 1 aliphatic heterocycles. The third-order valence-electron chi connectivity index (χ3n) is 8.01. The summed E-state index contributed by atoms with van der Waals surface area (Å²) >= 11 is 0. The number of hydrogen-bond acceptors (Lipinski definition) is 8. The molecule has 4 atom stereocenters. The van der Waals surface area contributed by atoms with Gasteiger partial charge in [-0.2, -0.15) is 0 Å². The Labute approximate surface area is 236 Å². The van der Waals surface area contributed by atoms with Crippen molar-refractivity contribution in [2.45, 2.75) is 90.3 Å². The molecule has 1 saturated carbocycles. The van der Waals surface area contributed by atoms with E-state index >= 15 is 0 Å². The fraction of sp³-hybridized carbons (Fsp3) is 0.562. The van der Waals surface area contributed by atoms with E-state index < -0.39 is 18.0 Å². The average molecular weight is 552 g/mol. The Morgan fingerprint density at radius 3 is 2.45 bits per heavy atom. The molecule has 0 unspecified atom stereocenters. The van der Waals surface area contributed by atoms with Crippen LogP contribution < -0.4 is 9.47 Å². The topological polar surface area (TPSA) is 101 Å². The second-order valence-corrected chi connectivity index (χ2v) is 11.0. The molecule has 1 saturated heterocycles. The van der Waals surface area contributed by atoms with Gasteiger partial charge in [0, 0.05) is 19.5 Å². The molecular formula is C32H41NO7. The van der Waals surface area contributed by atoms with Crippen molar-refractivity contribution in [3.63, 3.8) is 0 Å². The summed E-state index contributed by atoms with van der Waals surface area (Å²) in [5, 5.41) is 0. The van der Waals surface area contributed by atoms with Gasteiger partial charge in [-0.25, -0.2) is 4.98 Å². The summed E-state index contributed by atoms with van der Waals surface area (Å²) in [5.74, 6) is 0.169. The minimum Gasteiger partial charge on any atom is -0.486 e. The second kappa shape index (κ2) is 14.8. The lowest BCUT2D eigenvalue weighted by atomic mass is 9.82. The number of aromatic nitrogens is 1. The molecule has 216 valence electrons. The van der Waals surface area contributed by atoms with Crippen LogP contribution in [0.2, 0.25) is 0 Å². The van der Waals surface area contributed by atoms with Crippen LogP contribution >= 0.6 is 0 Å². The number of carbonyl (C=O) groups is 3. The van der Waals surface area contributed by atoms with Crippen LogP contribution in [0.15, 0.2) is 48.7 Å². The van der Waals surface area contributed by atoms with Gasteiger partial charge in [0.2, 0.25) is 6.79 Å². The summed E-state index contributed by atoms with van der Waals surface area (Å²) in [6.07, 6.45) is 10.2. The minimum atomic E-state index is -0.595. The van der Waals surface area contributed by atoms with Crippen LogP contribution in [-0.4, -0.2) is 41.7 Å². The predicted molar refractivity (Wildman–Crippen MR) is 149 cm³/mol. The van der Waals surface area contributed by atoms with E-state index in [2.05, 4.69) is 4.98 Å². The van der Waals surface area contributed by atoms with E-state index in [0.29, 0.717) is 12.3 Å². The number of esters is 2. The first kappa shape index (κ1) is 29.6. The standard InChI is InChI=1S/C32H41NO7/c1-22-31(40-27-15-4-3-5-16-27)25(19-24-11-6-7-12-24)13-8-9-14-26(32(36)39-22)20-28(35)30-29(17-10-18-33-30)38-21-37-23(2)34/h3-5,10,15-18,22,24-26,31H,6-9,11-14,19-21H2,1-2H3/t22-,25+,26+,31-/m0/s1. The summed E-state index contributed by atoms with van der Waals surface area (Å²) in [6.45, 7) is 2.86. The number of cyclic esters (lactones) is 1. The molecule has 1 aromatic carbocycles. The summed E-state index contributed by atoms with van der Waals surface area (Å²) < 4.78 is 22.9. The van der Waals surface area contributed by atoms with Crippen molar-refractivity contribution < 1.29 is 33.3 Å². The third kappa shape index (κ3) is 8.54. The Morgan fingerprint density at radius 2 is 1.70 bits per heavy atom. The number of benzene rings is 1. The number of Topliss-reactive ketones (excluding diaryl/α,β-unsaturated/α-hetero) is 1. The van der Waals surface area contributed by atoms with Crippen molar-refractivity contribution in [2.75, 3.05) is 6.79 Å². The van der Waals surface area contributed by atoms with Crippen LogP contribution in [0.25, 0.3) is 0 Å². The third-order valence-corrected chi connectivity index (χ3v) is 8.01. The highest BCUT2D eigenvalue weighted by atomic mass is 16.7. The first-order valence-electron chi connectivity index (χ1n) is 14.6. The molecule has 2 aromatic rings. The minimum absolute atomic E-state index is 0.0395. The predicted octanol–water partition coefficient (Wildman–Crippen LogP) is 6.32. The van der Waals surface area contributed by atoms with Crippen LogP contribution in [0.3, 0.4) is 0 Å². The number of para-hydroxylation sites is 1. The number of ether oxygens (including phenoxy) is 4. The van der Waals surface area contributed by atoms with Crippen molar-refractivity contribution in [3.8, 4) is 11.5 Å². The zero-order chi connectivity index (χ0) is 28.3. The number of rotatable bonds is 10. The van der Waals surface area contributed by atoms with Gasteiger partial charge in [0.15, 0.2) is 11.5 Å². The van der Waals surface area contributed by atoms with Crippen LogP contribution in [0.4, 0.5) is 0 Å². The quantitative estimate of drug-likeness (QED) is 0.192. The lowest BCUT2D eigenvalue weighted by Crippen LogP contribution is -2.42. The molecule has 2 fully saturated rings. The van der Waals surface area contributed by atoms with E-state index in [4.69, 9.17) is 18.9 Å². The molecule has 1 aromatic heterocycles. The number of ketones is 1. The molecular weight excluding hydrogens is 510 g/mol. The highest BCUT2D eigenvalue weighted by Crippen LogP contribution is 2.37. The Kier molecular flexibility index (Phi) is 11.0. The number of carbonyl (C=O) groups excluding carboxylic acids is 3. The Bertz CT molecular complexity index is 1120. The molecule has 0 N–H and O–H groups in total. The van der Waals surface area contributed by atoms with E-state index in [1.165, 1.54) is 38.8 Å². The average Bonchev–Trinajstić information content (AvgIpc) is 3.46. The highest BCUT2D eigenvalue weighted by molar-refractivity contribution is 5.98.